The van der Waals surface area contributed by atoms with Gasteiger partial charge in [0, 0.05) is 22.1 Å². The second-order valence-electron chi connectivity index (χ2n) is 3.56. The first-order valence-electron chi connectivity index (χ1n) is 5.41. The first-order chi connectivity index (χ1) is 7.60. The third kappa shape index (κ3) is 2.92. The Morgan fingerprint density at radius 3 is 2.12 bits per heavy atom. The summed E-state index contributed by atoms with van der Waals surface area (Å²) in [6.45, 7) is 4.19. The zero-order valence-electron chi connectivity index (χ0n) is 9.77. The van der Waals surface area contributed by atoms with Gasteiger partial charge in [0.05, 0.1) is 0 Å². The Balaban J connectivity index is 3.02. The summed E-state index contributed by atoms with van der Waals surface area (Å²) in [7, 11) is 0.0207. The lowest BCUT2D eigenvalue weighted by Crippen LogP contribution is -2.30. The molecule has 0 fully saturated rings. The molecule has 1 unspecified atom stereocenters. The molecular formula is C12H19N2OS+. The molecule has 1 amide bonds. The van der Waals surface area contributed by atoms with Crippen LogP contribution in [0, 0.1) is 0 Å². The van der Waals surface area contributed by atoms with Gasteiger partial charge in [-0.05, 0) is 26.0 Å². The highest BCUT2D eigenvalue weighted by Crippen LogP contribution is 2.25. The van der Waals surface area contributed by atoms with Gasteiger partial charge in [0.1, 0.15) is 11.5 Å². The van der Waals surface area contributed by atoms with Crippen LogP contribution in [0.5, 0.6) is 0 Å². The molecule has 0 radical (unpaired) electrons. The highest BCUT2D eigenvalue weighted by Gasteiger charge is 2.33. The third-order valence-corrected chi connectivity index (χ3v) is 5.23. The van der Waals surface area contributed by atoms with E-state index in [0.29, 0.717) is 5.69 Å². The molecular weight excluding hydrogens is 220 g/mol. The Labute approximate surface area is 99.6 Å². The van der Waals surface area contributed by atoms with Crippen LogP contribution >= 0.6 is 0 Å². The molecule has 4 N–H and O–H groups in total. The summed E-state index contributed by atoms with van der Waals surface area (Å²) in [5, 5.41) is -0.171. The number of nitrogen functional groups attached to an aromatic ring is 1. The molecule has 0 aliphatic carbocycles. The van der Waals surface area contributed by atoms with Crippen LogP contribution in [0.25, 0.3) is 0 Å². The number of rotatable bonds is 5. The minimum atomic E-state index is -0.239. The average Bonchev–Trinajstić information content (AvgIpc) is 2.27. The van der Waals surface area contributed by atoms with Crippen LogP contribution in [0.4, 0.5) is 5.69 Å². The number of carbonyl (C=O) groups excluding carboxylic acids is 1. The third-order valence-electron chi connectivity index (χ3n) is 2.57. The number of hydrogen-bond donors (Lipinski definition) is 2. The lowest BCUT2D eigenvalue weighted by molar-refractivity contribution is -0.117. The van der Waals surface area contributed by atoms with Crippen LogP contribution < -0.4 is 11.5 Å². The van der Waals surface area contributed by atoms with E-state index in [-0.39, 0.29) is 22.1 Å². The van der Waals surface area contributed by atoms with Gasteiger partial charge in [-0.3, -0.25) is 4.79 Å². The summed E-state index contributed by atoms with van der Waals surface area (Å²) in [4.78, 5) is 11.5. The zero-order valence-corrected chi connectivity index (χ0v) is 10.6. The van der Waals surface area contributed by atoms with Crippen molar-refractivity contribution in [3.8, 4) is 0 Å². The molecule has 0 aromatic heterocycles. The Morgan fingerprint density at radius 1 is 1.25 bits per heavy atom. The smallest absolute Gasteiger partial charge is 0.275 e. The Hall–Kier alpha value is -1.16. The molecule has 1 aromatic rings. The van der Waals surface area contributed by atoms with Crippen LogP contribution in [-0.2, 0) is 15.7 Å². The fourth-order valence-corrected chi connectivity index (χ4v) is 3.67. The highest BCUT2D eigenvalue weighted by atomic mass is 32.2. The molecule has 4 heteroatoms. The molecule has 0 aliphatic rings. The van der Waals surface area contributed by atoms with Gasteiger partial charge in [-0.1, -0.05) is 12.1 Å². The van der Waals surface area contributed by atoms with E-state index in [9.17, 15) is 4.79 Å². The molecule has 0 bridgehead atoms. The van der Waals surface area contributed by atoms with Crippen LogP contribution in [0.3, 0.4) is 0 Å². The monoisotopic (exact) mass is 239 g/mol. The quantitative estimate of drug-likeness (QED) is 0.603. The number of amides is 1. The van der Waals surface area contributed by atoms with Crippen molar-refractivity contribution in [2.45, 2.75) is 19.1 Å². The summed E-state index contributed by atoms with van der Waals surface area (Å²) in [5.41, 5.74) is 12.8. The largest absolute Gasteiger partial charge is 0.399 e. The second kappa shape index (κ2) is 5.80. The van der Waals surface area contributed by atoms with Crippen molar-refractivity contribution in [2.24, 2.45) is 5.73 Å². The van der Waals surface area contributed by atoms with E-state index < -0.39 is 0 Å². The standard InChI is InChI=1S/C12H18N2OS/c1-3-16(4-2)11(12(14)15)9-5-7-10(13)8-6-9/h5-8,11H,3-4,13H2,1-2H3,(H-,14,15)/p+1. The summed E-state index contributed by atoms with van der Waals surface area (Å²) in [6, 6.07) is 7.43. The number of carbonyl (C=O) groups is 1. The van der Waals surface area contributed by atoms with E-state index in [2.05, 4.69) is 13.8 Å². The van der Waals surface area contributed by atoms with Gasteiger partial charge in [0.25, 0.3) is 5.91 Å². The highest BCUT2D eigenvalue weighted by molar-refractivity contribution is 7.97. The molecule has 0 spiro atoms. The van der Waals surface area contributed by atoms with Crippen LogP contribution in [-0.4, -0.2) is 17.4 Å². The Bertz CT molecular complexity index is 347. The first kappa shape index (κ1) is 12.9. The van der Waals surface area contributed by atoms with Gasteiger partial charge in [0.2, 0.25) is 5.25 Å². The number of benzene rings is 1. The lowest BCUT2D eigenvalue weighted by Gasteiger charge is -2.14. The molecule has 0 saturated carbocycles. The molecule has 0 saturated heterocycles. The van der Waals surface area contributed by atoms with Crippen LogP contribution in [0.2, 0.25) is 0 Å². The summed E-state index contributed by atoms with van der Waals surface area (Å²) >= 11 is 0. The minimum absolute atomic E-state index is 0.0207. The molecule has 1 atom stereocenters. The van der Waals surface area contributed by atoms with Gasteiger partial charge in [-0.15, -0.1) is 0 Å². The van der Waals surface area contributed by atoms with E-state index in [1.54, 1.807) is 0 Å². The first-order valence-corrected chi connectivity index (χ1v) is 7.03. The van der Waals surface area contributed by atoms with Crippen LogP contribution in [0.1, 0.15) is 24.7 Å². The summed E-state index contributed by atoms with van der Waals surface area (Å²) in [6.07, 6.45) is 0. The fraction of sp³-hybridized carbons (Fsp3) is 0.417. The molecule has 1 rings (SSSR count). The van der Waals surface area contributed by atoms with Crippen molar-refractivity contribution < 1.29 is 4.79 Å². The minimum Gasteiger partial charge on any atom is -0.399 e. The molecule has 0 aliphatic heterocycles. The van der Waals surface area contributed by atoms with Crippen molar-refractivity contribution in [2.75, 3.05) is 17.2 Å². The lowest BCUT2D eigenvalue weighted by atomic mass is 10.1. The van der Waals surface area contributed by atoms with Gasteiger partial charge in [0.15, 0.2) is 0 Å². The predicted octanol–water partition coefficient (Wildman–Crippen LogP) is 1.45. The normalized spacial score (nSPS) is 12.7. The maximum atomic E-state index is 11.5. The van der Waals surface area contributed by atoms with Gasteiger partial charge in [-0.25, -0.2) is 0 Å². The van der Waals surface area contributed by atoms with Crippen molar-refractivity contribution in [3.05, 3.63) is 29.8 Å². The fourth-order valence-electron chi connectivity index (χ4n) is 1.73. The summed E-state index contributed by atoms with van der Waals surface area (Å²) in [5.74, 6) is 1.72. The number of nitrogens with two attached hydrogens (primary N) is 2. The van der Waals surface area contributed by atoms with Crippen molar-refractivity contribution in [1.82, 2.24) is 0 Å². The molecule has 3 nitrogen and oxygen atoms in total. The van der Waals surface area contributed by atoms with Crippen molar-refractivity contribution in [3.63, 3.8) is 0 Å². The predicted molar refractivity (Wildman–Crippen MR) is 71.2 cm³/mol. The van der Waals surface area contributed by atoms with E-state index >= 15 is 0 Å². The maximum absolute atomic E-state index is 11.5. The van der Waals surface area contributed by atoms with Gasteiger partial charge < -0.3 is 11.5 Å². The molecule has 16 heavy (non-hydrogen) atoms. The number of hydrogen-bond acceptors (Lipinski definition) is 2. The summed E-state index contributed by atoms with van der Waals surface area (Å²) < 4.78 is 0. The SMILES string of the molecule is CC[S+](CC)C(C(N)=O)c1ccc(N)cc1. The van der Waals surface area contributed by atoms with Crippen LogP contribution in [0.15, 0.2) is 24.3 Å². The molecule has 1 aromatic carbocycles. The second-order valence-corrected chi connectivity index (χ2v) is 6.26. The molecule has 88 valence electrons. The van der Waals surface area contributed by atoms with E-state index in [0.717, 1.165) is 17.1 Å². The zero-order chi connectivity index (χ0) is 12.1. The van der Waals surface area contributed by atoms with Crippen molar-refractivity contribution in [1.29, 1.82) is 0 Å². The Morgan fingerprint density at radius 2 is 1.75 bits per heavy atom. The number of anilines is 1. The van der Waals surface area contributed by atoms with Gasteiger partial charge in [-0.2, -0.15) is 0 Å². The maximum Gasteiger partial charge on any atom is 0.275 e. The topological polar surface area (TPSA) is 69.1 Å². The van der Waals surface area contributed by atoms with E-state index in [1.165, 1.54) is 0 Å². The van der Waals surface area contributed by atoms with Gasteiger partial charge >= 0.3 is 0 Å². The van der Waals surface area contributed by atoms with Crippen molar-refractivity contribution >= 4 is 22.5 Å². The van der Waals surface area contributed by atoms with E-state index in [4.69, 9.17) is 11.5 Å². The number of primary amides is 1. The van der Waals surface area contributed by atoms with E-state index in [1.807, 2.05) is 24.3 Å². The Kier molecular flexibility index (Phi) is 4.68. The average molecular weight is 239 g/mol. The molecule has 0 heterocycles.